The number of hydrogen-bond donors (Lipinski definition) is 1. The molecular formula is C27H30O2Si. The fourth-order valence-electron chi connectivity index (χ4n) is 3.90. The molecule has 0 aliphatic carbocycles. The number of hydrogen-bond acceptors (Lipinski definition) is 2. The largest absolute Gasteiger partial charge is 0.406 e. The lowest BCUT2D eigenvalue weighted by atomic mass is 10.1. The maximum Gasteiger partial charge on any atom is 0.261 e. The van der Waals surface area contributed by atoms with Crippen LogP contribution in [0.4, 0.5) is 0 Å². The highest BCUT2D eigenvalue weighted by molar-refractivity contribution is 6.99. The number of rotatable bonds is 6. The summed E-state index contributed by atoms with van der Waals surface area (Å²) in [5.74, 6) is 6.05. The first-order valence-corrected chi connectivity index (χ1v) is 12.3. The van der Waals surface area contributed by atoms with Gasteiger partial charge in [0.25, 0.3) is 8.32 Å². The van der Waals surface area contributed by atoms with Gasteiger partial charge in [-0.2, -0.15) is 0 Å². The van der Waals surface area contributed by atoms with Gasteiger partial charge in [0, 0.05) is 13.0 Å². The standard InChI is InChI=1S/C27H30O2Si/c1-27(2,3)30(24-17-9-5-10-18-24,25-19-11-6-12-20-25)29-22-14-13-21-26(28)23-15-7-4-8-16-23/h4-12,15-20,26,28H,14,22H2,1-3H3/t26-/m1/s1. The molecule has 0 radical (unpaired) electrons. The van der Waals surface area contributed by atoms with E-state index < -0.39 is 14.4 Å². The second-order valence-electron chi connectivity index (χ2n) is 8.40. The molecule has 3 aromatic carbocycles. The highest BCUT2D eigenvalue weighted by Crippen LogP contribution is 2.36. The molecule has 0 amide bonds. The van der Waals surface area contributed by atoms with Crippen LogP contribution in [0.5, 0.6) is 0 Å². The average Bonchev–Trinajstić information content (AvgIpc) is 2.77. The van der Waals surface area contributed by atoms with E-state index >= 15 is 0 Å². The molecule has 3 rings (SSSR count). The van der Waals surface area contributed by atoms with Crippen LogP contribution in [-0.4, -0.2) is 20.0 Å². The number of benzene rings is 3. The van der Waals surface area contributed by atoms with Gasteiger partial charge < -0.3 is 9.53 Å². The summed E-state index contributed by atoms with van der Waals surface area (Å²) in [6.07, 6.45) is -0.187. The van der Waals surface area contributed by atoms with Gasteiger partial charge >= 0.3 is 0 Å². The summed E-state index contributed by atoms with van der Waals surface area (Å²) in [4.78, 5) is 0. The van der Waals surface area contributed by atoms with E-state index in [1.54, 1.807) is 0 Å². The SMILES string of the molecule is CC(C)(C)[Si](OCCC#C[C@@H](O)c1ccccc1)(c1ccccc1)c1ccccc1. The Morgan fingerprint density at radius 2 is 1.27 bits per heavy atom. The van der Waals surface area contributed by atoms with Crippen LogP contribution in [0.1, 0.15) is 38.9 Å². The summed E-state index contributed by atoms with van der Waals surface area (Å²) in [7, 11) is -2.52. The Labute approximate surface area is 181 Å². The topological polar surface area (TPSA) is 29.5 Å². The van der Waals surface area contributed by atoms with E-state index in [4.69, 9.17) is 4.43 Å². The Bertz CT molecular complexity index is 928. The van der Waals surface area contributed by atoms with Crippen LogP contribution in [0.3, 0.4) is 0 Å². The molecule has 0 aliphatic heterocycles. The van der Waals surface area contributed by atoms with Crippen LogP contribution in [0, 0.1) is 11.8 Å². The minimum absolute atomic E-state index is 0.0489. The molecular weight excluding hydrogens is 384 g/mol. The van der Waals surface area contributed by atoms with Gasteiger partial charge in [0.1, 0.15) is 6.10 Å². The molecule has 0 aliphatic rings. The normalized spacial score (nSPS) is 12.7. The van der Waals surface area contributed by atoms with E-state index in [1.807, 2.05) is 42.5 Å². The van der Waals surface area contributed by atoms with Gasteiger partial charge in [0.05, 0.1) is 0 Å². The predicted molar refractivity (Wildman–Crippen MR) is 127 cm³/mol. The van der Waals surface area contributed by atoms with E-state index in [9.17, 15) is 5.11 Å². The Hall–Kier alpha value is -2.64. The fraction of sp³-hybridized carbons (Fsp3) is 0.259. The monoisotopic (exact) mass is 414 g/mol. The second-order valence-corrected chi connectivity index (χ2v) is 12.7. The Balaban J connectivity index is 1.83. The number of aliphatic hydroxyl groups is 1. The van der Waals surface area contributed by atoms with Crippen molar-refractivity contribution in [2.75, 3.05) is 6.61 Å². The molecule has 0 saturated heterocycles. The van der Waals surface area contributed by atoms with Crippen molar-refractivity contribution in [3.63, 3.8) is 0 Å². The molecule has 3 aromatic rings. The first-order valence-electron chi connectivity index (χ1n) is 10.4. The zero-order chi connectivity index (χ0) is 21.5. The maximum absolute atomic E-state index is 10.3. The molecule has 0 spiro atoms. The van der Waals surface area contributed by atoms with Crippen molar-refractivity contribution in [3.8, 4) is 11.8 Å². The van der Waals surface area contributed by atoms with Crippen molar-refractivity contribution >= 4 is 18.7 Å². The molecule has 0 heterocycles. The third kappa shape index (κ3) is 4.91. The minimum atomic E-state index is -2.52. The average molecular weight is 415 g/mol. The highest BCUT2D eigenvalue weighted by Gasteiger charge is 2.49. The summed E-state index contributed by atoms with van der Waals surface area (Å²) in [5.41, 5.74) is 0.818. The minimum Gasteiger partial charge on any atom is -0.406 e. The highest BCUT2D eigenvalue weighted by atomic mass is 28.4. The molecule has 1 atom stereocenters. The van der Waals surface area contributed by atoms with Crippen LogP contribution in [0.15, 0.2) is 91.0 Å². The molecule has 0 fully saturated rings. The van der Waals surface area contributed by atoms with Crippen LogP contribution in [-0.2, 0) is 4.43 Å². The summed E-state index contributed by atoms with van der Waals surface area (Å²) in [6, 6.07) is 30.7. The molecule has 154 valence electrons. The van der Waals surface area contributed by atoms with Crippen molar-refractivity contribution in [1.29, 1.82) is 0 Å². The third-order valence-electron chi connectivity index (χ3n) is 5.32. The Morgan fingerprint density at radius 3 is 1.73 bits per heavy atom. The number of aliphatic hydroxyl groups excluding tert-OH is 1. The maximum atomic E-state index is 10.3. The molecule has 0 saturated carbocycles. The molecule has 0 bridgehead atoms. The van der Waals surface area contributed by atoms with Crippen molar-refractivity contribution in [3.05, 3.63) is 96.6 Å². The molecule has 1 N–H and O–H groups in total. The van der Waals surface area contributed by atoms with E-state index in [0.29, 0.717) is 13.0 Å². The predicted octanol–water partition coefficient (Wildman–Crippen LogP) is 4.69. The Morgan fingerprint density at radius 1 is 0.800 bits per heavy atom. The fourth-order valence-corrected chi connectivity index (χ4v) is 8.47. The Kier molecular flexibility index (Phi) is 7.28. The lowest BCUT2D eigenvalue weighted by Crippen LogP contribution is -2.66. The van der Waals surface area contributed by atoms with Gasteiger partial charge in [0.15, 0.2) is 0 Å². The lowest BCUT2D eigenvalue weighted by molar-refractivity contribution is 0.238. The van der Waals surface area contributed by atoms with E-state index in [-0.39, 0.29) is 5.04 Å². The first-order chi connectivity index (χ1) is 14.4. The van der Waals surface area contributed by atoms with E-state index in [1.165, 1.54) is 10.4 Å². The van der Waals surface area contributed by atoms with E-state index in [0.717, 1.165) is 5.56 Å². The third-order valence-corrected chi connectivity index (χ3v) is 10.4. The summed E-state index contributed by atoms with van der Waals surface area (Å²) in [5, 5.41) is 12.7. The zero-order valence-electron chi connectivity index (χ0n) is 18.0. The molecule has 0 unspecified atom stereocenters. The zero-order valence-corrected chi connectivity index (χ0v) is 19.0. The summed E-state index contributed by atoms with van der Waals surface area (Å²) >= 11 is 0. The van der Waals surface area contributed by atoms with Crippen LogP contribution < -0.4 is 10.4 Å². The van der Waals surface area contributed by atoms with Crippen molar-refractivity contribution in [2.24, 2.45) is 0 Å². The van der Waals surface area contributed by atoms with Gasteiger partial charge in [-0.1, -0.05) is 124 Å². The summed E-state index contributed by atoms with van der Waals surface area (Å²) < 4.78 is 6.81. The molecule has 30 heavy (non-hydrogen) atoms. The van der Waals surface area contributed by atoms with Crippen LogP contribution in [0.2, 0.25) is 5.04 Å². The molecule has 0 aromatic heterocycles. The van der Waals surface area contributed by atoms with Gasteiger partial charge in [-0.15, -0.1) is 0 Å². The quantitative estimate of drug-likeness (QED) is 0.360. The second kappa shape index (κ2) is 9.91. The lowest BCUT2D eigenvalue weighted by Gasteiger charge is -2.43. The van der Waals surface area contributed by atoms with Gasteiger partial charge in [-0.25, -0.2) is 0 Å². The first kappa shape index (κ1) is 22.1. The molecule has 2 nitrogen and oxygen atoms in total. The van der Waals surface area contributed by atoms with Crippen molar-refractivity contribution in [1.82, 2.24) is 0 Å². The van der Waals surface area contributed by atoms with Crippen molar-refractivity contribution < 1.29 is 9.53 Å². The van der Waals surface area contributed by atoms with Crippen molar-refractivity contribution in [2.45, 2.75) is 38.3 Å². The smallest absolute Gasteiger partial charge is 0.261 e. The van der Waals surface area contributed by atoms with Crippen LogP contribution >= 0.6 is 0 Å². The summed E-state index contributed by atoms with van der Waals surface area (Å²) in [6.45, 7) is 7.33. The van der Waals surface area contributed by atoms with Crippen LogP contribution in [0.25, 0.3) is 0 Å². The van der Waals surface area contributed by atoms with Gasteiger partial charge in [0.2, 0.25) is 0 Å². The molecule has 3 heteroatoms. The van der Waals surface area contributed by atoms with E-state index in [2.05, 4.69) is 81.1 Å². The van der Waals surface area contributed by atoms with Gasteiger partial charge in [-0.05, 0) is 21.0 Å². The van der Waals surface area contributed by atoms with Gasteiger partial charge in [-0.3, -0.25) is 0 Å².